The Hall–Kier alpha value is -2.18. The number of aromatic amines is 1. The number of fused-ring (bicyclic) bond motifs is 1. The smallest absolute Gasteiger partial charge is 0.303 e. The predicted molar refractivity (Wildman–Crippen MR) is 83.4 cm³/mol. The highest BCUT2D eigenvalue weighted by Gasteiger charge is 2.15. The maximum Gasteiger partial charge on any atom is 0.303 e. The summed E-state index contributed by atoms with van der Waals surface area (Å²) in [7, 11) is 0. The van der Waals surface area contributed by atoms with E-state index in [2.05, 4.69) is 4.98 Å². The van der Waals surface area contributed by atoms with Gasteiger partial charge in [0.25, 0.3) is 0 Å². The van der Waals surface area contributed by atoms with E-state index >= 15 is 0 Å². The van der Waals surface area contributed by atoms with E-state index in [4.69, 9.17) is 5.11 Å². The van der Waals surface area contributed by atoms with Crippen LogP contribution in [0.25, 0.3) is 22.0 Å². The van der Waals surface area contributed by atoms with E-state index in [1.807, 2.05) is 17.5 Å². The molecule has 6 heteroatoms. The van der Waals surface area contributed by atoms with E-state index in [1.54, 1.807) is 12.3 Å². The third-order valence-electron chi connectivity index (χ3n) is 3.56. The average Bonchev–Trinajstić information content (AvgIpc) is 3.11. The van der Waals surface area contributed by atoms with Crippen LogP contribution in [0, 0.1) is 5.82 Å². The normalized spacial score (nSPS) is 12.6. The topological polar surface area (TPSA) is 73.3 Å². The summed E-state index contributed by atoms with van der Waals surface area (Å²) in [6, 6.07) is 6.72. The fraction of sp³-hybridized carbons (Fsp3) is 0.188. The van der Waals surface area contributed by atoms with Crippen LogP contribution >= 0.6 is 11.3 Å². The second kappa shape index (κ2) is 5.90. The van der Waals surface area contributed by atoms with Gasteiger partial charge in [0.2, 0.25) is 0 Å². The Morgan fingerprint density at radius 1 is 1.41 bits per heavy atom. The number of aliphatic hydroxyl groups excluding tert-OH is 1. The summed E-state index contributed by atoms with van der Waals surface area (Å²) in [5.74, 6) is -1.23. The van der Waals surface area contributed by atoms with Gasteiger partial charge >= 0.3 is 5.97 Å². The molecule has 0 saturated heterocycles. The highest BCUT2D eigenvalue weighted by molar-refractivity contribution is 7.10. The molecule has 3 N–H and O–H groups in total. The summed E-state index contributed by atoms with van der Waals surface area (Å²) in [6.45, 7) is 0. The molecule has 0 radical (unpaired) electrons. The number of nitrogens with one attached hydrogen (secondary N) is 1. The lowest BCUT2D eigenvalue weighted by atomic mass is 10.1. The van der Waals surface area contributed by atoms with Crippen molar-refractivity contribution in [2.45, 2.75) is 18.9 Å². The number of aromatic nitrogens is 1. The number of hydrogen-bond acceptors (Lipinski definition) is 3. The Balaban J connectivity index is 1.89. The molecule has 0 aliphatic heterocycles. The Bertz CT molecular complexity index is 824. The highest BCUT2D eigenvalue weighted by atomic mass is 32.1. The van der Waals surface area contributed by atoms with Crippen molar-refractivity contribution in [3.05, 3.63) is 46.5 Å². The van der Waals surface area contributed by atoms with Crippen LogP contribution in [0.4, 0.5) is 4.39 Å². The number of hydrogen-bond donors (Lipinski definition) is 3. The van der Waals surface area contributed by atoms with Gasteiger partial charge in [-0.1, -0.05) is 12.1 Å². The monoisotopic (exact) mass is 319 g/mol. The molecule has 22 heavy (non-hydrogen) atoms. The molecule has 0 saturated carbocycles. The fourth-order valence-corrected chi connectivity index (χ4v) is 3.36. The molecule has 1 aromatic carbocycles. The molecule has 3 aromatic rings. The summed E-state index contributed by atoms with van der Waals surface area (Å²) >= 11 is 1.37. The van der Waals surface area contributed by atoms with Gasteiger partial charge in [-0.3, -0.25) is 4.79 Å². The van der Waals surface area contributed by atoms with Gasteiger partial charge in [0.15, 0.2) is 0 Å². The first-order valence-corrected chi connectivity index (χ1v) is 7.68. The zero-order chi connectivity index (χ0) is 15.7. The molecule has 2 aromatic heterocycles. The molecular formula is C16H14FNO3S. The van der Waals surface area contributed by atoms with Crippen molar-refractivity contribution in [3.8, 4) is 11.1 Å². The van der Waals surface area contributed by atoms with Crippen molar-refractivity contribution in [2.24, 2.45) is 0 Å². The first kappa shape index (κ1) is 14.7. The number of aliphatic carboxylic acids is 1. The summed E-state index contributed by atoms with van der Waals surface area (Å²) < 4.78 is 13.7. The summed E-state index contributed by atoms with van der Waals surface area (Å²) in [4.78, 5) is 14.2. The average molecular weight is 319 g/mol. The van der Waals surface area contributed by atoms with Gasteiger partial charge in [-0.2, -0.15) is 0 Å². The minimum atomic E-state index is -0.928. The van der Waals surface area contributed by atoms with Gasteiger partial charge < -0.3 is 15.2 Å². The molecule has 0 amide bonds. The first-order chi connectivity index (χ1) is 10.6. The van der Waals surface area contributed by atoms with Crippen LogP contribution in [-0.4, -0.2) is 21.2 Å². The fourth-order valence-electron chi connectivity index (χ4n) is 2.43. The second-order valence-electron chi connectivity index (χ2n) is 5.05. The minimum absolute atomic E-state index is 0.0767. The zero-order valence-corrected chi connectivity index (χ0v) is 12.4. The third kappa shape index (κ3) is 2.75. The lowest BCUT2D eigenvalue weighted by molar-refractivity contribution is -0.137. The van der Waals surface area contributed by atoms with Crippen LogP contribution in [0.5, 0.6) is 0 Å². The van der Waals surface area contributed by atoms with Crippen molar-refractivity contribution in [1.82, 2.24) is 4.98 Å². The standard InChI is InChI=1S/C16H14FNO3S/c17-12-3-1-2-10-11(7-18-16(10)12)9-6-14(22-8-9)13(19)4-5-15(20)21/h1-3,6-8,13,18-19H,4-5H2,(H,20,21). The van der Waals surface area contributed by atoms with Crippen molar-refractivity contribution in [2.75, 3.05) is 0 Å². The number of benzene rings is 1. The van der Waals surface area contributed by atoms with Crippen LogP contribution in [-0.2, 0) is 4.79 Å². The Labute approximate surface area is 129 Å². The first-order valence-electron chi connectivity index (χ1n) is 6.80. The SMILES string of the molecule is O=C(O)CCC(O)c1cc(-c2c[nH]c3c(F)cccc23)cs1. The van der Waals surface area contributed by atoms with E-state index in [-0.39, 0.29) is 18.7 Å². The number of rotatable bonds is 5. The number of carboxylic acids is 1. The Kier molecular flexibility index (Phi) is 3.96. The van der Waals surface area contributed by atoms with Crippen molar-refractivity contribution in [3.63, 3.8) is 0 Å². The van der Waals surface area contributed by atoms with Gasteiger partial charge in [-0.05, 0) is 29.5 Å². The quantitative estimate of drug-likeness (QED) is 0.667. The van der Waals surface area contributed by atoms with Gasteiger partial charge in [0.05, 0.1) is 11.6 Å². The van der Waals surface area contributed by atoms with Crippen LogP contribution in [0.2, 0.25) is 0 Å². The molecule has 114 valence electrons. The number of carbonyl (C=O) groups is 1. The van der Waals surface area contributed by atoms with E-state index in [1.165, 1.54) is 17.4 Å². The molecule has 0 fully saturated rings. The lowest BCUT2D eigenvalue weighted by Gasteiger charge is -2.05. The van der Waals surface area contributed by atoms with Crippen LogP contribution in [0.3, 0.4) is 0 Å². The molecule has 3 rings (SSSR count). The highest BCUT2D eigenvalue weighted by Crippen LogP contribution is 2.35. The van der Waals surface area contributed by atoms with Gasteiger partial charge in [0, 0.05) is 28.4 Å². The lowest BCUT2D eigenvalue weighted by Crippen LogP contribution is -2.00. The summed E-state index contributed by atoms with van der Waals surface area (Å²) in [5.41, 5.74) is 2.20. The van der Waals surface area contributed by atoms with Crippen molar-refractivity contribution >= 4 is 28.2 Å². The molecule has 0 aliphatic carbocycles. The van der Waals surface area contributed by atoms with Gasteiger partial charge in [-0.25, -0.2) is 4.39 Å². The van der Waals surface area contributed by atoms with Crippen molar-refractivity contribution < 1.29 is 19.4 Å². The molecule has 0 aliphatic rings. The zero-order valence-electron chi connectivity index (χ0n) is 11.5. The van der Waals surface area contributed by atoms with Crippen molar-refractivity contribution in [1.29, 1.82) is 0 Å². The number of carboxylic acid groups (broad SMARTS) is 1. The van der Waals surface area contributed by atoms with Gasteiger partial charge in [0.1, 0.15) is 5.82 Å². The maximum absolute atomic E-state index is 13.7. The molecule has 4 nitrogen and oxygen atoms in total. The number of aliphatic hydroxyl groups is 1. The third-order valence-corrected chi connectivity index (χ3v) is 4.59. The summed E-state index contributed by atoms with van der Waals surface area (Å²) in [6.07, 6.45) is 1.05. The Morgan fingerprint density at radius 3 is 3.00 bits per heavy atom. The number of para-hydroxylation sites is 1. The molecule has 0 spiro atoms. The maximum atomic E-state index is 13.7. The van der Waals surface area contributed by atoms with Crippen LogP contribution < -0.4 is 0 Å². The second-order valence-corrected chi connectivity index (χ2v) is 5.99. The molecule has 2 heterocycles. The van der Waals surface area contributed by atoms with Crippen LogP contribution in [0.15, 0.2) is 35.8 Å². The Morgan fingerprint density at radius 2 is 2.23 bits per heavy atom. The molecule has 0 bridgehead atoms. The number of thiophene rings is 1. The predicted octanol–water partition coefficient (Wildman–Crippen LogP) is 3.93. The number of H-pyrrole nitrogens is 1. The van der Waals surface area contributed by atoms with E-state index in [0.717, 1.165) is 16.5 Å². The molecular weight excluding hydrogens is 305 g/mol. The molecule has 1 atom stereocenters. The summed E-state index contributed by atoms with van der Waals surface area (Å²) in [5, 5.41) is 21.3. The minimum Gasteiger partial charge on any atom is -0.481 e. The largest absolute Gasteiger partial charge is 0.481 e. The van der Waals surface area contributed by atoms with E-state index in [9.17, 15) is 14.3 Å². The molecule has 1 unspecified atom stereocenters. The van der Waals surface area contributed by atoms with E-state index in [0.29, 0.717) is 10.4 Å². The van der Waals surface area contributed by atoms with E-state index < -0.39 is 12.1 Å². The number of halogens is 1. The van der Waals surface area contributed by atoms with Gasteiger partial charge in [-0.15, -0.1) is 11.3 Å². The van der Waals surface area contributed by atoms with Crippen LogP contribution in [0.1, 0.15) is 23.8 Å².